The predicted octanol–water partition coefficient (Wildman–Crippen LogP) is 1.02. The van der Waals surface area contributed by atoms with Gasteiger partial charge in [-0.2, -0.15) is 0 Å². The van der Waals surface area contributed by atoms with Crippen LogP contribution >= 0.6 is 0 Å². The van der Waals surface area contributed by atoms with Crippen LogP contribution in [0.2, 0.25) is 0 Å². The summed E-state index contributed by atoms with van der Waals surface area (Å²) in [6.45, 7) is 9.19. The number of carbonyl (C=O) groups excluding carboxylic acids is 3. The molecule has 1 rings (SSSR count). The highest BCUT2D eigenvalue weighted by Gasteiger charge is 2.39. The van der Waals surface area contributed by atoms with Gasteiger partial charge in [-0.15, -0.1) is 0 Å². The average Bonchev–Trinajstić information content (AvgIpc) is 2.92. The van der Waals surface area contributed by atoms with Crippen molar-refractivity contribution < 1.29 is 19.1 Å². The molecule has 7 heteroatoms. The molecule has 2 amide bonds. The zero-order valence-electron chi connectivity index (χ0n) is 16.8. The van der Waals surface area contributed by atoms with Gasteiger partial charge in [0.25, 0.3) is 0 Å². The van der Waals surface area contributed by atoms with Crippen molar-refractivity contribution in [1.29, 1.82) is 0 Å². The molecule has 1 saturated heterocycles. The Bertz CT molecular complexity index is 511. The summed E-state index contributed by atoms with van der Waals surface area (Å²) in [5, 5.41) is 3.10. The summed E-state index contributed by atoms with van der Waals surface area (Å²) < 4.78 is 5.47. The normalized spacial score (nSPS) is 21.8. The van der Waals surface area contributed by atoms with Crippen LogP contribution in [0.25, 0.3) is 0 Å². The third-order valence-corrected chi connectivity index (χ3v) is 4.23. The maximum absolute atomic E-state index is 12.8. The van der Waals surface area contributed by atoms with E-state index in [1.807, 2.05) is 13.8 Å². The van der Waals surface area contributed by atoms with E-state index >= 15 is 0 Å². The number of nitrogens with zero attached hydrogens (tertiary/aromatic N) is 2. The van der Waals surface area contributed by atoms with E-state index in [4.69, 9.17) is 4.74 Å². The first-order valence-corrected chi connectivity index (χ1v) is 8.82. The summed E-state index contributed by atoms with van der Waals surface area (Å²) in [6.07, 6.45) is 1.19. The van der Waals surface area contributed by atoms with Crippen molar-refractivity contribution in [3.63, 3.8) is 0 Å². The van der Waals surface area contributed by atoms with Gasteiger partial charge >= 0.3 is 5.97 Å². The zero-order chi connectivity index (χ0) is 19.5. The largest absolute Gasteiger partial charge is 0.458 e. The van der Waals surface area contributed by atoms with E-state index in [1.165, 1.54) is 9.80 Å². The molecule has 1 heterocycles. The molecule has 1 aliphatic heterocycles. The Morgan fingerprint density at radius 1 is 1.00 bits per heavy atom. The Kier molecular flexibility index (Phi) is 6.99. The average molecular weight is 355 g/mol. The van der Waals surface area contributed by atoms with Crippen molar-refractivity contribution >= 4 is 17.8 Å². The first kappa shape index (κ1) is 21.4. The second-order valence-electron chi connectivity index (χ2n) is 8.25. The molecule has 0 spiro atoms. The lowest BCUT2D eigenvalue weighted by atomic mass is 10.0. The van der Waals surface area contributed by atoms with Gasteiger partial charge in [-0.25, -0.2) is 4.79 Å². The van der Waals surface area contributed by atoms with Crippen LogP contribution in [0.15, 0.2) is 0 Å². The first-order chi connectivity index (χ1) is 11.3. The number of likely N-dealkylation sites (N-methyl/N-ethyl adjacent to an activating group) is 2. The molecule has 0 saturated carbocycles. The minimum atomic E-state index is -0.655. The van der Waals surface area contributed by atoms with E-state index in [-0.39, 0.29) is 23.8 Å². The summed E-state index contributed by atoms with van der Waals surface area (Å²) in [5.41, 5.74) is -0.608. The highest BCUT2D eigenvalue weighted by molar-refractivity contribution is 5.89. The molecule has 0 bridgehead atoms. The van der Waals surface area contributed by atoms with Crippen LogP contribution in [0.3, 0.4) is 0 Å². The molecule has 1 fully saturated rings. The van der Waals surface area contributed by atoms with E-state index in [9.17, 15) is 14.4 Å². The minimum Gasteiger partial charge on any atom is -0.458 e. The van der Waals surface area contributed by atoms with Crippen LogP contribution in [0.5, 0.6) is 0 Å². The van der Waals surface area contributed by atoms with Crippen LogP contribution in [0.1, 0.15) is 47.5 Å². The molecule has 1 N–H and O–H groups in total. The Balaban J connectivity index is 2.82. The number of ether oxygens (including phenoxy) is 1. The molecule has 0 aromatic carbocycles. The van der Waals surface area contributed by atoms with Gasteiger partial charge in [-0.3, -0.25) is 14.9 Å². The lowest BCUT2D eigenvalue weighted by Gasteiger charge is -2.33. The van der Waals surface area contributed by atoms with Crippen molar-refractivity contribution in [3.8, 4) is 0 Å². The van der Waals surface area contributed by atoms with E-state index < -0.39 is 23.7 Å². The van der Waals surface area contributed by atoms with Crippen molar-refractivity contribution in [2.24, 2.45) is 5.92 Å². The second kappa shape index (κ2) is 8.17. The number of nitrogens with one attached hydrogen (secondary N) is 1. The van der Waals surface area contributed by atoms with E-state index in [1.54, 1.807) is 41.9 Å². The van der Waals surface area contributed by atoms with Crippen LogP contribution in [-0.4, -0.2) is 72.5 Å². The molecule has 1 aliphatic rings. The van der Waals surface area contributed by atoms with E-state index in [0.717, 1.165) is 0 Å². The molecule has 0 unspecified atom stereocenters. The predicted molar refractivity (Wildman–Crippen MR) is 95.9 cm³/mol. The second-order valence-corrected chi connectivity index (χ2v) is 8.25. The number of esters is 1. The molecule has 7 nitrogen and oxygen atoms in total. The number of hydrogen-bond donors (Lipinski definition) is 1. The molecule has 0 aliphatic carbocycles. The maximum atomic E-state index is 12.8. The fourth-order valence-electron chi connectivity index (χ4n) is 3.07. The quantitative estimate of drug-likeness (QED) is 0.745. The van der Waals surface area contributed by atoms with Crippen molar-refractivity contribution in [2.75, 3.05) is 21.1 Å². The van der Waals surface area contributed by atoms with Gasteiger partial charge in [0.15, 0.2) is 0 Å². The van der Waals surface area contributed by atoms with Gasteiger partial charge in [0.1, 0.15) is 11.6 Å². The monoisotopic (exact) mass is 355 g/mol. The number of carbonyl (C=O) groups is 3. The fourth-order valence-corrected chi connectivity index (χ4v) is 3.07. The smallest absolute Gasteiger partial charge is 0.329 e. The summed E-state index contributed by atoms with van der Waals surface area (Å²) in [5.74, 6) is -0.703. The van der Waals surface area contributed by atoms with Crippen LogP contribution in [0.4, 0.5) is 0 Å². The summed E-state index contributed by atoms with van der Waals surface area (Å²) in [4.78, 5) is 40.4. The first-order valence-electron chi connectivity index (χ1n) is 8.82. The highest BCUT2D eigenvalue weighted by atomic mass is 16.6. The maximum Gasteiger partial charge on any atom is 0.329 e. The van der Waals surface area contributed by atoms with Crippen molar-refractivity contribution in [3.05, 3.63) is 0 Å². The van der Waals surface area contributed by atoms with Crippen LogP contribution in [0, 0.1) is 5.92 Å². The number of rotatable bonds is 5. The lowest BCUT2D eigenvalue weighted by Crippen LogP contribution is -2.54. The topological polar surface area (TPSA) is 79.0 Å². The molecule has 25 heavy (non-hydrogen) atoms. The summed E-state index contributed by atoms with van der Waals surface area (Å²) in [6, 6.07) is -1.46. The van der Waals surface area contributed by atoms with Gasteiger partial charge in [0.2, 0.25) is 11.8 Å². The van der Waals surface area contributed by atoms with E-state index in [2.05, 4.69) is 5.32 Å². The molecule has 0 aromatic rings. The molecular weight excluding hydrogens is 322 g/mol. The van der Waals surface area contributed by atoms with Crippen LogP contribution < -0.4 is 5.32 Å². The SMILES string of the molecule is CC(C)[C@@H](C(=O)OC(C)(C)C)N(C)C(=O)[C@H]1CC[C@@H](C(=O)N(C)C)N1. The molecule has 144 valence electrons. The van der Waals surface area contributed by atoms with Gasteiger partial charge in [-0.1, -0.05) is 13.8 Å². The van der Waals surface area contributed by atoms with Gasteiger partial charge in [-0.05, 0) is 39.5 Å². The molecule has 0 radical (unpaired) electrons. The van der Waals surface area contributed by atoms with E-state index in [0.29, 0.717) is 12.8 Å². The lowest BCUT2D eigenvalue weighted by molar-refractivity contribution is -0.166. The third kappa shape index (κ3) is 5.70. The fraction of sp³-hybridized carbons (Fsp3) is 0.833. The highest BCUT2D eigenvalue weighted by Crippen LogP contribution is 2.20. The Morgan fingerprint density at radius 2 is 1.48 bits per heavy atom. The zero-order valence-corrected chi connectivity index (χ0v) is 16.8. The van der Waals surface area contributed by atoms with Gasteiger partial charge in [0, 0.05) is 21.1 Å². The Hall–Kier alpha value is -1.63. The summed E-state index contributed by atoms with van der Waals surface area (Å²) in [7, 11) is 5.02. The third-order valence-electron chi connectivity index (χ3n) is 4.23. The Labute approximate surface area is 151 Å². The Morgan fingerprint density at radius 3 is 1.88 bits per heavy atom. The molecular formula is C18H33N3O4. The van der Waals surface area contributed by atoms with Crippen LogP contribution in [-0.2, 0) is 19.1 Å². The standard InChI is InChI=1S/C18H33N3O4/c1-11(2)14(17(24)25-18(3,4)5)21(8)16(23)13-10-9-12(19-13)15(22)20(6)7/h11-14,19H,9-10H2,1-8H3/t12-,13+,14-/m0/s1. The molecule has 0 aromatic heterocycles. The van der Waals surface area contributed by atoms with Crippen molar-refractivity contribution in [1.82, 2.24) is 15.1 Å². The number of amides is 2. The number of hydrogen-bond acceptors (Lipinski definition) is 5. The minimum absolute atomic E-state index is 0.0366. The molecule has 3 atom stereocenters. The summed E-state index contributed by atoms with van der Waals surface area (Å²) >= 11 is 0. The van der Waals surface area contributed by atoms with Crippen molar-refractivity contribution in [2.45, 2.75) is 71.2 Å². The van der Waals surface area contributed by atoms with Gasteiger partial charge < -0.3 is 14.5 Å². The van der Waals surface area contributed by atoms with Gasteiger partial charge in [0.05, 0.1) is 12.1 Å².